The van der Waals surface area contributed by atoms with Gasteiger partial charge < -0.3 is 15.3 Å². The van der Waals surface area contributed by atoms with Crippen molar-refractivity contribution in [1.82, 2.24) is 15.2 Å². The zero-order valence-electron chi connectivity index (χ0n) is 14.7. The highest BCUT2D eigenvalue weighted by Gasteiger charge is 2.45. The SMILES string of the molecule is Cc1ccc(C(=O)N2CC[C@]3(Cc4ccccc4CN3)[C@H](O)C2)c(Br)n1. The summed E-state index contributed by atoms with van der Waals surface area (Å²) in [7, 11) is 0. The van der Waals surface area contributed by atoms with Crippen molar-refractivity contribution in [2.45, 2.75) is 38.0 Å². The largest absolute Gasteiger partial charge is 0.389 e. The fraction of sp³-hybridized carbons (Fsp3) is 0.400. The monoisotopic (exact) mass is 415 g/mol. The van der Waals surface area contributed by atoms with E-state index in [4.69, 9.17) is 0 Å². The molecule has 1 aromatic heterocycles. The Hall–Kier alpha value is -1.76. The van der Waals surface area contributed by atoms with E-state index in [1.165, 1.54) is 11.1 Å². The Kier molecular flexibility index (Phi) is 4.59. The highest BCUT2D eigenvalue weighted by Crippen LogP contribution is 2.33. The fourth-order valence-electron chi connectivity index (χ4n) is 4.00. The number of aromatic nitrogens is 1. The van der Waals surface area contributed by atoms with E-state index >= 15 is 0 Å². The number of hydrogen-bond donors (Lipinski definition) is 2. The number of carbonyl (C=O) groups is 1. The number of rotatable bonds is 1. The lowest BCUT2D eigenvalue weighted by Gasteiger charge is -2.48. The number of nitrogens with one attached hydrogen (secondary N) is 1. The predicted octanol–water partition coefficient (Wildman–Crippen LogP) is 2.44. The maximum atomic E-state index is 12.9. The maximum Gasteiger partial charge on any atom is 0.256 e. The third-order valence-electron chi connectivity index (χ3n) is 5.62. The van der Waals surface area contributed by atoms with Gasteiger partial charge in [0.25, 0.3) is 5.91 Å². The number of fused-ring (bicyclic) bond motifs is 1. The number of β-amino-alcohol motifs (C(OH)–C–C–N with tert-alkyl or cyclic N) is 1. The summed E-state index contributed by atoms with van der Waals surface area (Å²) in [5.41, 5.74) is 3.62. The quantitative estimate of drug-likeness (QED) is 0.702. The molecule has 2 N–H and O–H groups in total. The molecule has 1 amide bonds. The highest BCUT2D eigenvalue weighted by atomic mass is 79.9. The first-order valence-corrected chi connectivity index (χ1v) is 9.70. The fourth-order valence-corrected chi connectivity index (χ4v) is 4.59. The van der Waals surface area contributed by atoms with Crippen LogP contribution in [0.2, 0.25) is 0 Å². The van der Waals surface area contributed by atoms with Crippen LogP contribution in [0, 0.1) is 6.92 Å². The first kappa shape index (κ1) is 17.6. The zero-order chi connectivity index (χ0) is 18.3. The van der Waals surface area contributed by atoms with Crippen LogP contribution in [0.25, 0.3) is 0 Å². The molecule has 1 spiro atoms. The van der Waals surface area contributed by atoms with E-state index < -0.39 is 6.10 Å². The first-order chi connectivity index (χ1) is 12.5. The molecule has 2 aliphatic heterocycles. The minimum absolute atomic E-state index is 0.0884. The van der Waals surface area contributed by atoms with Crippen molar-refractivity contribution in [3.63, 3.8) is 0 Å². The van der Waals surface area contributed by atoms with E-state index in [0.29, 0.717) is 23.3 Å². The van der Waals surface area contributed by atoms with Gasteiger partial charge in [-0.1, -0.05) is 24.3 Å². The average Bonchev–Trinajstić information content (AvgIpc) is 2.63. The molecule has 26 heavy (non-hydrogen) atoms. The molecule has 0 aliphatic carbocycles. The maximum absolute atomic E-state index is 12.9. The first-order valence-electron chi connectivity index (χ1n) is 8.91. The number of pyridine rings is 1. The normalized spacial score (nSPS) is 25.2. The molecule has 2 aromatic rings. The van der Waals surface area contributed by atoms with Gasteiger partial charge >= 0.3 is 0 Å². The van der Waals surface area contributed by atoms with E-state index in [9.17, 15) is 9.90 Å². The molecule has 0 saturated carbocycles. The van der Waals surface area contributed by atoms with Gasteiger partial charge in [-0.3, -0.25) is 4.79 Å². The number of nitrogens with zero attached hydrogens (tertiary/aromatic N) is 2. The Bertz CT molecular complexity index is 857. The standard InChI is InChI=1S/C20H22BrN3O2/c1-13-6-7-16(18(21)23-13)19(26)24-9-8-20(17(25)12-24)10-14-4-2-3-5-15(14)11-22-20/h2-7,17,22,25H,8-12H2,1H3/t17-,20+/m1/s1. The Morgan fingerprint density at radius 3 is 2.81 bits per heavy atom. The lowest BCUT2D eigenvalue weighted by molar-refractivity contribution is -0.0138. The molecule has 2 aliphatic rings. The summed E-state index contributed by atoms with van der Waals surface area (Å²) in [5.74, 6) is -0.0884. The van der Waals surface area contributed by atoms with Crippen LogP contribution in [0.5, 0.6) is 0 Å². The highest BCUT2D eigenvalue weighted by molar-refractivity contribution is 9.10. The molecule has 0 bridgehead atoms. The van der Waals surface area contributed by atoms with Crippen LogP contribution >= 0.6 is 15.9 Å². The number of amides is 1. The predicted molar refractivity (Wildman–Crippen MR) is 103 cm³/mol. The Morgan fingerprint density at radius 1 is 1.31 bits per heavy atom. The van der Waals surface area contributed by atoms with Gasteiger partial charge in [-0.05, 0) is 59.0 Å². The lowest BCUT2D eigenvalue weighted by Crippen LogP contribution is -2.65. The molecule has 1 saturated heterocycles. The van der Waals surface area contributed by atoms with E-state index in [1.807, 2.05) is 25.1 Å². The molecule has 2 atom stereocenters. The van der Waals surface area contributed by atoms with Crippen LogP contribution in [0.3, 0.4) is 0 Å². The van der Waals surface area contributed by atoms with Crippen molar-refractivity contribution in [3.05, 3.63) is 63.4 Å². The Balaban J connectivity index is 1.51. The molecule has 6 heteroatoms. The van der Waals surface area contributed by atoms with Crippen molar-refractivity contribution < 1.29 is 9.90 Å². The van der Waals surface area contributed by atoms with Gasteiger partial charge in [0.1, 0.15) is 4.60 Å². The third-order valence-corrected chi connectivity index (χ3v) is 6.22. The van der Waals surface area contributed by atoms with Crippen molar-refractivity contribution in [2.75, 3.05) is 13.1 Å². The molecule has 4 rings (SSSR count). The average molecular weight is 416 g/mol. The van der Waals surface area contributed by atoms with E-state index in [1.54, 1.807) is 11.0 Å². The molecular formula is C20H22BrN3O2. The summed E-state index contributed by atoms with van der Waals surface area (Å²) in [6.45, 7) is 3.59. The number of hydrogen-bond acceptors (Lipinski definition) is 4. The summed E-state index contributed by atoms with van der Waals surface area (Å²) in [5, 5.41) is 14.5. The van der Waals surface area contributed by atoms with Crippen molar-refractivity contribution >= 4 is 21.8 Å². The summed E-state index contributed by atoms with van der Waals surface area (Å²) in [6, 6.07) is 12.0. The Labute approximate surface area is 161 Å². The van der Waals surface area contributed by atoms with E-state index in [0.717, 1.165) is 25.1 Å². The van der Waals surface area contributed by atoms with Crippen LogP contribution in [0.1, 0.15) is 33.6 Å². The topological polar surface area (TPSA) is 65.5 Å². The number of aliphatic hydroxyl groups is 1. The number of carbonyl (C=O) groups excluding carboxylic acids is 1. The van der Waals surface area contributed by atoms with Crippen LogP contribution < -0.4 is 5.32 Å². The van der Waals surface area contributed by atoms with Crippen LogP contribution in [-0.2, 0) is 13.0 Å². The van der Waals surface area contributed by atoms with Gasteiger partial charge in [0.05, 0.1) is 17.2 Å². The van der Waals surface area contributed by atoms with Gasteiger partial charge in [-0.2, -0.15) is 0 Å². The molecule has 136 valence electrons. The smallest absolute Gasteiger partial charge is 0.256 e. The summed E-state index contributed by atoms with van der Waals surface area (Å²) in [4.78, 5) is 18.9. The summed E-state index contributed by atoms with van der Waals surface area (Å²) < 4.78 is 0.557. The van der Waals surface area contributed by atoms with Crippen molar-refractivity contribution in [1.29, 1.82) is 0 Å². The van der Waals surface area contributed by atoms with Gasteiger partial charge in [-0.15, -0.1) is 0 Å². The third kappa shape index (κ3) is 3.06. The van der Waals surface area contributed by atoms with Crippen LogP contribution in [0.15, 0.2) is 41.0 Å². The number of likely N-dealkylation sites (tertiary alicyclic amines) is 1. The number of benzene rings is 1. The van der Waals surface area contributed by atoms with E-state index in [-0.39, 0.29) is 11.4 Å². The Morgan fingerprint density at radius 2 is 2.08 bits per heavy atom. The second kappa shape index (κ2) is 6.76. The minimum atomic E-state index is -0.606. The molecule has 1 fully saturated rings. The zero-order valence-corrected chi connectivity index (χ0v) is 16.3. The molecular weight excluding hydrogens is 394 g/mol. The summed E-state index contributed by atoms with van der Waals surface area (Å²) in [6.07, 6.45) is 0.915. The van der Waals surface area contributed by atoms with Gasteiger partial charge in [0.15, 0.2) is 0 Å². The molecule has 0 unspecified atom stereocenters. The van der Waals surface area contributed by atoms with Crippen LogP contribution in [-0.4, -0.2) is 45.6 Å². The lowest BCUT2D eigenvalue weighted by atomic mass is 9.76. The van der Waals surface area contributed by atoms with E-state index in [2.05, 4.69) is 38.4 Å². The van der Waals surface area contributed by atoms with Crippen molar-refractivity contribution in [2.24, 2.45) is 0 Å². The second-order valence-electron chi connectivity index (χ2n) is 7.26. The van der Waals surface area contributed by atoms with Crippen LogP contribution in [0.4, 0.5) is 0 Å². The minimum Gasteiger partial charge on any atom is -0.389 e. The number of aliphatic hydroxyl groups excluding tert-OH is 1. The second-order valence-corrected chi connectivity index (χ2v) is 8.01. The van der Waals surface area contributed by atoms with Gasteiger partial charge in [0, 0.05) is 25.3 Å². The molecule has 3 heterocycles. The van der Waals surface area contributed by atoms with Gasteiger partial charge in [0.2, 0.25) is 0 Å². The number of halogens is 1. The summed E-state index contributed by atoms with van der Waals surface area (Å²) >= 11 is 3.38. The molecule has 5 nitrogen and oxygen atoms in total. The molecule has 1 aromatic carbocycles. The van der Waals surface area contributed by atoms with Gasteiger partial charge in [-0.25, -0.2) is 4.98 Å². The van der Waals surface area contributed by atoms with Crippen molar-refractivity contribution in [3.8, 4) is 0 Å². The number of piperidine rings is 1. The number of aryl methyl sites for hydroxylation is 1. The molecule has 0 radical (unpaired) electrons.